The number of ether oxygens (including phenoxy) is 3. The van der Waals surface area contributed by atoms with Gasteiger partial charge in [-0.25, -0.2) is 9.59 Å². The average Bonchev–Trinajstić information content (AvgIpc) is 3.71. The molecule has 0 radical (unpaired) electrons. The van der Waals surface area contributed by atoms with Crippen molar-refractivity contribution in [2.75, 3.05) is 6.61 Å². The Balaban J connectivity index is 1.34. The van der Waals surface area contributed by atoms with Gasteiger partial charge in [0.1, 0.15) is 36.0 Å². The minimum atomic E-state index is -0.774. The van der Waals surface area contributed by atoms with Crippen LogP contribution >= 0.6 is 34.8 Å². The van der Waals surface area contributed by atoms with Gasteiger partial charge in [0.15, 0.2) is 0 Å². The van der Waals surface area contributed by atoms with E-state index in [0.717, 1.165) is 0 Å². The van der Waals surface area contributed by atoms with Crippen LogP contribution in [0.1, 0.15) is 33.4 Å². The third-order valence-corrected chi connectivity index (χ3v) is 7.97. The second-order valence-electron chi connectivity index (χ2n) is 9.44. The Morgan fingerprint density at radius 1 is 0.854 bits per heavy atom. The molecule has 1 aliphatic rings. The lowest BCUT2D eigenvalue weighted by atomic mass is 10.1. The number of carbonyl (C=O) groups excluding carboxylic acids is 2. The fourth-order valence-corrected chi connectivity index (χ4v) is 5.65. The van der Waals surface area contributed by atoms with Crippen LogP contribution in [0.25, 0.3) is 22.2 Å². The molecule has 1 fully saturated rings. The molecule has 6 rings (SSSR count). The van der Waals surface area contributed by atoms with Gasteiger partial charge in [-0.15, -0.1) is 0 Å². The van der Waals surface area contributed by atoms with Crippen molar-refractivity contribution in [1.29, 1.82) is 0 Å². The Bertz CT molecular complexity index is 1700. The lowest BCUT2D eigenvalue weighted by Gasteiger charge is -2.19. The zero-order valence-corrected chi connectivity index (χ0v) is 23.6. The molecule has 1 aliphatic heterocycles. The Labute approximate surface area is 250 Å². The molecule has 0 spiro atoms. The first-order valence-electron chi connectivity index (χ1n) is 12.8. The summed E-state index contributed by atoms with van der Waals surface area (Å²) in [5.74, 6) is -0.499. The first kappa shape index (κ1) is 27.4. The van der Waals surface area contributed by atoms with Crippen molar-refractivity contribution >= 4 is 57.6 Å². The summed E-state index contributed by atoms with van der Waals surface area (Å²) >= 11 is 19.8. The summed E-state index contributed by atoms with van der Waals surface area (Å²) in [4.78, 5) is 25.7. The normalized spacial score (nSPS) is 18.5. The molecule has 0 bridgehead atoms. The van der Waals surface area contributed by atoms with Crippen molar-refractivity contribution in [3.05, 3.63) is 118 Å². The highest BCUT2D eigenvalue weighted by atomic mass is 35.5. The molecule has 0 unspecified atom stereocenters. The predicted molar refractivity (Wildman–Crippen MR) is 156 cm³/mol. The molecule has 41 heavy (non-hydrogen) atoms. The molecule has 3 aromatic carbocycles. The van der Waals surface area contributed by atoms with Crippen LogP contribution in [-0.4, -0.2) is 35.3 Å². The number of esters is 2. The van der Waals surface area contributed by atoms with E-state index in [1.807, 2.05) is 12.1 Å². The number of hydrogen-bond acceptors (Lipinski definition) is 6. The number of benzene rings is 3. The molecule has 5 aromatic rings. The monoisotopic (exact) mass is 609 g/mol. The second kappa shape index (κ2) is 11.6. The third kappa shape index (κ3) is 5.46. The van der Waals surface area contributed by atoms with E-state index in [9.17, 15) is 9.59 Å². The topological polar surface area (TPSA) is 79.9 Å². The minimum Gasteiger partial charge on any atom is -0.464 e. The lowest BCUT2D eigenvalue weighted by molar-refractivity contribution is -0.0560. The van der Waals surface area contributed by atoms with E-state index >= 15 is 0 Å². The van der Waals surface area contributed by atoms with E-state index in [2.05, 4.69) is 0 Å². The highest BCUT2D eigenvalue weighted by molar-refractivity contribution is 6.43. The molecule has 0 amide bonds. The van der Waals surface area contributed by atoms with Crippen LogP contribution in [0.15, 0.2) is 95.6 Å². The number of furan rings is 1. The van der Waals surface area contributed by atoms with Crippen LogP contribution in [0.5, 0.6) is 0 Å². The number of halogens is 3. The predicted octanol–water partition coefficient (Wildman–Crippen LogP) is 8.23. The maximum absolute atomic E-state index is 13.0. The van der Waals surface area contributed by atoms with Gasteiger partial charge in [-0.1, -0.05) is 71.2 Å². The molecule has 1 saturated heterocycles. The standard InChI is InChI=1S/C31H22Cl3NO6/c32-21-14-20-23(15-22(21)33)35(29(34)28(20)24-12-7-13-38-24)27-16-25(41-31(37)19-10-5-2-6-11-19)26(40-27)17-39-30(36)18-8-3-1-4-9-18/h1-15,25-27H,16-17H2/t25-,26+,27+/m0/s1. The molecule has 2 aromatic heterocycles. The Morgan fingerprint density at radius 2 is 1.51 bits per heavy atom. The molecule has 0 N–H and O–H groups in total. The summed E-state index contributed by atoms with van der Waals surface area (Å²) in [5, 5.41) is 1.72. The van der Waals surface area contributed by atoms with Gasteiger partial charge in [-0.3, -0.25) is 0 Å². The van der Waals surface area contributed by atoms with Crippen LogP contribution in [0, 0.1) is 0 Å². The number of fused-ring (bicyclic) bond motifs is 1. The van der Waals surface area contributed by atoms with E-state index in [1.165, 1.54) is 0 Å². The first-order chi connectivity index (χ1) is 19.9. The van der Waals surface area contributed by atoms with Crippen LogP contribution in [-0.2, 0) is 14.2 Å². The zero-order chi connectivity index (χ0) is 28.5. The SMILES string of the molecule is O=C(OC[C@H]1O[C@@H](n2c(Cl)c(-c3ccco3)c3cc(Cl)c(Cl)cc32)C[C@@H]1OC(=O)c1ccccc1)c1ccccc1. The van der Waals surface area contributed by atoms with Crippen molar-refractivity contribution in [3.8, 4) is 11.3 Å². The maximum Gasteiger partial charge on any atom is 0.338 e. The summed E-state index contributed by atoms with van der Waals surface area (Å²) in [5.41, 5.74) is 2.05. The van der Waals surface area contributed by atoms with E-state index in [0.29, 0.717) is 48.6 Å². The molecule has 3 atom stereocenters. The van der Waals surface area contributed by atoms with Gasteiger partial charge in [0.2, 0.25) is 0 Å². The zero-order valence-electron chi connectivity index (χ0n) is 21.3. The molecular formula is C31H22Cl3NO6. The Kier molecular flexibility index (Phi) is 7.77. The van der Waals surface area contributed by atoms with Gasteiger partial charge in [0.05, 0.1) is 38.5 Å². The van der Waals surface area contributed by atoms with E-state index in [1.54, 1.807) is 83.6 Å². The van der Waals surface area contributed by atoms with Crippen molar-refractivity contribution in [1.82, 2.24) is 4.57 Å². The molecule has 3 heterocycles. The smallest absolute Gasteiger partial charge is 0.338 e. The van der Waals surface area contributed by atoms with Gasteiger partial charge in [-0.05, 0) is 48.5 Å². The number of hydrogen-bond donors (Lipinski definition) is 0. The van der Waals surface area contributed by atoms with Gasteiger partial charge in [0, 0.05) is 11.8 Å². The van der Waals surface area contributed by atoms with E-state index < -0.39 is 30.4 Å². The highest BCUT2D eigenvalue weighted by Gasteiger charge is 2.41. The molecule has 10 heteroatoms. The van der Waals surface area contributed by atoms with Crippen molar-refractivity contribution in [2.45, 2.75) is 24.9 Å². The number of carbonyl (C=O) groups is 2. The average molecular weight is 611 g/mol. The molecule has 0 aliphatic carbocycles. The van der Waals surface area contributed by atoms with Crippen LogP contribution in [0.2, 0.25) is 15.2 Å². The lowest BCUT2D eigenvalue weighted by Crippen LogP contribution is -2.32. The van der Waals surface area contributed by atoms with Crippen LogP contribution < -0.4 is 0 Å². The summed E-state index contributed by atoms with van der Waals surface area (Å²) in [6, 6.07) is 24.2. The quantitative estimate of drug-likeness (QED) is 0.173. The molecule has 0 saturated carbocycles. The fourth-order valence-electron chi connectivity index (χ4n) is 4.94. The molecular weight excluding hydrogens is 589 g/mol. The van der Waals surface area contributed by atoms with Gasteiger partial charge >= 0.3 is 11.9 Å². The molecule has 208 valence electrons. The van der Waals surface area contributed by atoms with Crippen LogP contribution in [0.4, 0.5) is 0 Å². The van der Waals surface area contributed by atoms with E-state index in [-0.39, 0.29) is 13.0 Å². The summed E-state index contributed by atoms with van der Waals surface area (Å²) in [7, 11) is 0. The van der Waals surface area contributed by atoms with Crippen molar-refractivity contribution in [2.24, 2.45) is 0 Å². The van der Waals surface area contributed by atoms with Gasteiger partial charge in [0.25, 0.3) is 0 Å². The van der Waals surface area contributed by atoms with Crippen molar-refractivity contribution < 1.29 is 28.2 Å². The minimum absolute atomic E-state index is 0.147. The molecule has 7 nitrogen and oxygen atoms in total. The summed E-state index contributed by atoms with van der Waals surface area (Å²) < 4.78 is 25.3. The fraction of sp³-hybridized carbons (Fsp3) is 0.161. The highest BCUT2D eigenvalue weighted by Crippen LogP contribution is 2.45. The Hall–Kier alpha value is -3.75. The van der Waals surface area contributed by atoms with Gasteiger partial charge < -0.3 is 23.2 Å². The van der Waals surface area contributed by atoms with Crippen molar-refractivity contribution in [3.63, 3.8) is 0 Å². The summed E-state index contributed by atoms with van der Waals surface area (Å²) in [6.07, 6.45) is -0.439. The number of rotatable bonds is 7. The van der Waals surface area contributed by atoms with E-state index in [4.69, 9.17) is 53.4 Å². The maximum atomic E-state index is 13.0. The van der Waals surface area contributed by atoms with Crippen LogP contribution in [0.3, 0.4) is 0 Å². The van der Waals surface area contributed by atoms with Gasteiger partial charge in [-0.2, -0.15) is 0 Å². The number of aromatic nitrogens is 1. The first-order valence-corrected chi connectivity index (χ1v) is 13.9. The summed E-state index contributed by atoms with van der Waals surface area (Å²) in [6.45, 7) is -0.147. The third-order valence-electron chi connectivity index (χ3n) is 6.88. The Morgan fingerprint density at radius 3 is 2.17 bits per heavy atom. The number of nitrogens with zero attached hydrogens (tertiary/aromatic N) is 1. The largest absolute Gasteiger partial charge is 0.464 e. The second-order valence-corrected chi connectivity index (χ2v) is 10.6.